The average molecular weight is 105 g/mol. The summed E-state index contributed by atoms with van der Waals surface area (Å²) in [5.74, 6) is 0. The van der Waals surface area contributed by atoms with Crippen molar-refractivity contribution in [1.82, 2.24) is 5.32 Å². The highest BCUT2D eigenvalue weighted by molar-refractivity contribution is 4.29. The molecule has 0 aliphatic rings. The highest BCUT2D eigenvalue weighted by atomic mass is 17.2. The second kappa shape index (κ2) is 5.88. The van der Waals surface area contributed by atoms with E-state index in [-0.39, 0.29) is 0 Å². The van der Waals surface area contributed by atoms with E-state index < -0.39 is 0 Å². The summed E-state index contributed by atoms with van der Waals surface area (Å²) in [6.45, 7) is 1.43. The van der Waals surface area contributed by atoms with Gasteiger partial charge in [0.1, 0.15) is 0 Å². The third-order valence-electron chi connectivity index (χ3n) is 0.553. The zero-order valence-corrected chi connectivity index (χ0v) is 4.73. The van der Waals surface area contributed by atoms with E-state index in [1.54, 1.807) is 0 Å². The Morgan fingerprint density at radius 2 is 2.29 bits per heavy atom. The lowest BCUT2D eigenvalue weighted by Gasteiger charge is -1.95. The van der Waals surface area contributed by atoms with Gasteiger partial charge in [-0.1, -0.05) is 0 Å². The SMILES string of the molecule is CNCCOOC. The molecule has 0 heterocycles. The van der Waals surface area contributed by atoms with E-state index in [1.807, 2.05) is 7.05 Å². The molecular formula is C4H11NO2. The third kappa shape index (κ3) is 5.88. The van der Waals surface area contributed by atoms with Crippen LogP contribution in [0, 0.1) is 0 Å². The Bertz CT molecular complexity index is 28.9. The van der Waals surface area contributed by atoms with Gasteiger partial charge in [-0.25, -0.2) is 9.78 Å². The fourth-order valence-electron chi connectivity index (χ4n) is 0.227. The smallest absolute Gasteiger partial charge is 0.0946 e. The van der Waals surface area contributed by atoms with Gasteiger partial charge in [0.15, 0.2) is 0 Å². The molecule has 44 valence electrons. The molecule has 0 aliphatic carbocycles. The minimum atomic E-state index is 0.604. The first-order valence-corrected chi connectivity index (χ1v) is 2.22. The van der Waals surface area contributed by atoms with Crippen LogP contribution in [0.5, 0.6) is 0 Å². The van der Waals surface area contributed by atoms with Gasteiger partial charge in [-0.15, -0.1) is 0 Å². The second-order valence-electron chi connectivity index (χ2n) is 1.09. The van der Waals surface area contributed by atoms with Crippen molar-refractivity contribution in [2.24, 2.45) is 0 Å². The van der Waals surface area contributed by atoms with E-state index in [1.165, 1.54) is 7.11 Å². The summed E-state index contributed by atoms with van der Waals surface area (Å²) in [5.41, 5.74) is 0. The van der Waals surface area contributed by atoms with Gasteiger partial charge in [0.25, 0.3) is 0 Å². The molecule has 0 aromatic heterocycles. The summed E-state index contributed by atoms with van der Waals surface area (Å²) < 4.78 is 0. The average Bonchev–Trinajstić information content (AvgIpc) is 1.69. The second-order valence-corrected chi connectivity index (χ2v) is 1.09. The number of hydrogen-bond acceptors (Lipinski definition) is 3. The molecule has 0 bridgehead atoms. The number of rotatable bonds is 4. The number of likely N-dealkylation sites (N-methyl/N-ethyl adjacent to an activating group) is 1. The molecule has 0 saturated heterocycles. The lowest BCUT2D eigenvalue weighted by atomic mass is 10.7. The van der Waals surface area contributed by atoms with Crippen LogP contribution in [0.3, 0.4) is 0 Å². The van der Waals surface area contributed by atoms with Crippen molar-refractivity contribution < 1.29 is 9.78 Å². The van der Waals surface area contributed by atoms with Crippen LogP contribution in [0.2, 0.25) is 0 Å². The van der Waals surface area contributed by atoms with E-state index in [0.29, 0.717) is 6.61 Å². The third-order valence-corrected chi connectivity index (χ3v) is 0.553. The van der Waals surface area contributed by atoms with Crippen molar-refractivity contribution in [3.8, 4) is 0 Å². The number of nitrogens with one attached hydrogen (secondary N) is 1. The van der Waals surface area contributed by atoms with E-state index in [0.717, 1.165) is 6.54 Å². The van der Waals surface area contributed by atoms with Crippen LogP contribution in [0.25, 0.3) is 0 Å². The predicted molar refractivity (Wildman–Crippen MR) is 26.9 cm³/mol. The molecule has 7 heavy (non-hydrogen) atoms. The molecule has 3 nitrogen and oxygen atoms in total. The summed E-state index contributed by atoms with van der Waals surface area (Å²) >= 11 is 0. The molecule has 0 radical (unpaired) electrons. The topological polar surface area (TPSA) is 30.5 Å². The first-order chi connectivity index (χ1) is 3.41. The molecule has 0 atom stereocenters. The van der Waals surface area contributed by atoms with Crippen molar-refractivity contribution in [2.45, 2.75) is 0 Å². The fraction of sp³-hybridized carbons (Fsp3) is 1.00. The molecule has 0 spiro atoms. The van der Waals surface area contributed by atoms with Crippen LogP contribution in [0.1, 0.15) is 0 Å². The van der Waals surface area contributed by atoms with E-state index >= 15 is 0 Å². The molecule has 0 aromatic carbocycles. The van der Waals surface area contributed by atoms with Gasteiger partial charge >= 0.3 is 0 Å². The molecule has 0 rings (SSSR count). The Morgan fingerprint density at radius 3 is 2.71 bits per heavy atom. The van der Waals surface area contributed by atoms with Gasteiger partial charge in [-0.05, 0) is 7.05 Å². The summed E-state index contributed by atoms with van der Waals surface area (Å²) in [6.07, 6.45) is 0. The predicted octanol–water partition coefficient (Wildman–Crippen LogP) is -0.216. The molecule has 3 heteroatoms. The van der Waals surface area contributed by atoms with Crippen molar-refractivity contribution >= 4 is 0 Å². The lowest BCUT2D eigenvalue weighted by Crippen LogP contribution is -2.13. The minimum absolute atomic E-state index is 0.604. The van der Waals surface area contributed by atoms with Crippen LogP contribution in [-0.4, -0.2) is 27.3 Å². The van der Waals surface area contributed by atoms with Crippen LogP contribution in [0.4, 0.5) is 0 Å². The van der Waals surface area contributed by atoms with Crippen LogP contribution in [-0.2, 0) is 9.78 Å². The van der Waals surface area contributed by atoms with Crippen molar-refractivity contribution in [3.63, 3.8) is 0 Å². The Labute approximate surface area is 43.5 Å². The molecule has 0 fully saturated rings. The number of hydrogen-bond donors (Lipinski definition) is 1. The zero-order valence-electron chi connectivity index (χ0n) is 4.73. The zero-order chi connectivity index (χ0) is 5.54. The van der Waals surface area contributed by atoms with E-state index in [9.17, 15) is 0 Å². The Hall–Kier alpha value is -0.120. The molecule has 0 aromatic rings. The van der Waals surface area contributed by atoms with Crippen molar-refractivity contribution in [1.29, 1.82) is 0 Å². The van der Waals surface area contributed by atoms with Gasteiger partial charge in [-0.3, -0.25) is 0 Å². The summed E-state index contributed by atoms with van der Waals surface area (Å²) in [6, 6.07) is 0. The van der Waals surface area contributed by atoms with E-state index in [2.05, 4.69) is 15.1 Å². The van der Waals surface area contributed by atoms with Crippen LogP contribution < -0.4 is 5.32 Å². The van der Waals surface area contributed by atoms with Gasteiger partial charge in [0.05, 0.1) is 13.7 Å². The van der Waals surface area contributed by atoms with Crippen LogP contribution >= 0.6 is 0 Å². The molecule has 0 aliphatic heterocycles. The first-order valence-electron chi connectivity index (χ1n) is 2.22. The molecule has 0 unspecified atom stereocenters. The highest BCUT2D eigenvalue weighted by Crippen LogP contribution is 1.67. The maximum atomic E-state index is 4.51. The maximum absolute atomic E-state index is 4.51. The Kier molecular flexibility index (Phi) is 5.78. The standard InChI is InChI=1S/C4H11NO2/c1-5-3-4-7-6-2/h5H,3-4H2,1-2H3. The van der Waals surface area contributed by atoms with Gasteiger partial charge in [0.2, 0.25) is 0 Å². The van der Waals surface area contributed by atoms with Gasteiger partial charge in [0, 0.05) is 6.54 Å². The molecule has 0 saturated carbocycles. The quantitative estimate of drug-likeness (QED) is 0.305. The Morgan fingerprint density at radius 1 is 1.57 bits per heavy atom. The van der Waals surface area contributed by atoms with E-state index in [4.69, 9.17) is 0 Å². The summed E-state index contributed by atoms with van der Waals surface area (Å²) in [4.78, 5) is 8.82. The van der Waals surface area contributed by atoms with Crippen LogP contribution in [0.15, 0.2) is 0 Å². The largest absolute Gasteiger partial charge is 0.317 e. The lowest BCUT2D eigenvalue weighted by molar-refractivity contribution is -0.270. The fourth-order valence-corrected chi connectivity index (χ4v) is 0.227. The summed E-state index contributed by atoms with van der Waals surface area (Å²) in [7, 11) is 3.36. The molecular weight excluding hydrogens is 94.0 g/mol. The minimum Gasteiger partial charge on any atom is -0.317 e. The Balaban J connectivity index is 2.45. The monoisotopic (exact) mass is 105 g/mol. The van der Waals surface area contributed by atoms with Crippen molar-refractivity contribution in [3.05, 3.63) is 0 Å². The normalized spacial score (nSPS) is 9.43. The summed E-state index contributed by atoms with van der Waals surface area (Å²) in [5, 5.41) is 2.90. The first kappa shape index (κ1) is 6.88. The van der Waals surface area contributed by atoms with Crippen molar-refractivity contribution in [2.75, 3.05) is 27.3 Å². The highest BCUT2D eigenvalue weighted by Gasteiger charge is 1.78. The molecule has 1 N–H and O–H groups in total. The van der Waals surface area contributed by atoms with Gasteiger partial charge in [-0.2, -0.15) is 0 Å². The van der Waals surface area contributed by atoms with Gasteiger partial charge < -0.3 is 5.32 Å². The molecule has 0 amide bonds. The maximum Gasteiger partial charge on any atom is 0.0946 e.